The molecule has 1 aliphatic heterocycles. The second-order valence-electron chi connectivity index (χ2n) is 7.67. The fourth-order valence-electron chi connectivity index (χ4n) is 3.64. The number of aliphatic hydroxyl groups is 1. The highest BCUT2D eigenvalue weighted by atomic mass is 35.5. The van der Waals surface area contributed by atoms with Crippen molar-refractivity contribution in [2.45, 2.75) is 13.3 Å². The Hall–Kier alpha value is -2.66. The van der Waals surface area contributed by atoms with Crippen LogP contribution in [-0.4, -0.2) is 70.1 Å². The number of carbonyl (C=O) groups is 1. The average molecular weight is 491 g/mol. The highest BCUT2D eigenvalue weighted by Gasteiger charge is 2.20. The number of β-amino-alcohol motifs (C(OH)–C–C–N with tert-alkyl or cyclic N) is 1. The average Bonchev–Trinajstić information content (AvgIpc) is 3.25. The number of aromatic nitrogens is 3. The second kappa shape index (κ2) is 10.5. The normalized spacial score (nSPS) is 14.5. The van der Waals surface area contributed by atoms with Gasteiger partial charge in [0, 0.05) is 55.8 Å². The molecular formula is C22H24ClFN6O2S. The molecule has 0 amide bonds. The number of benzene rings is 1. The number of nitrogens with zero attached hydrogens (tertiary/aromatic N) is 5. The summed E-state index contributed by atoms with van der Waals surface area (Å²) in [6.07, 6.45) is 1.34. The van der Waals surface area contributed by atoms with Crippen LogP contribution in [0.4, 0.5) is 21.2 Å². The number of Topliss-reactive ketones (excluding diaryl/α,β-unsaturated/α-hetero) is 1. The standard InChI is InChI=1S/C22H24ClFN6O2S/c1-14-26-20(12-21(27-14)30-7-5-29(6-8-30)9-10-31)28-22-25-13-19(33-22)18(32)11-15-16(23)3-2-4-17(15)24/h2-4,12-13,31H,5-11H2,1H3,(H,25,26,27,28). The Balaban J connectivity index is 1.43. The zero-order chi connectivity index (χ0) is 23.4. The third-order valence-electron chi connectivity index (χ3n) is 5.35. The molecule has 1 aromatic carbocycles. The number of aryl methyl sites for hydroxylation is 1. The number of nitrogens with one attached hydrogen (secondary N) is 1. The van der Waals surface area contributed by atoms with Crippen molar-refractivity contribution in [1.29, 1.82) is 0 Å². The Bertz CT molecular complexity index is 1120. The number of rotatable bonds is 8. The zero-order valence-electron chi connectivity index (χ0n) is 18.1. The summed E-state index contributed by atoms with van der Waals surface area (Å²) in [4.78, 5) is 30.7. The van der Waals surface area contributed by atoms with E-state index in [0.29, 0.717) is 28.2 Å². The quantitative estimate of drug-likeness (QED) is 0.464. The van der Waals surface area contributed by atoms with E-state index in [1.165, 1.54) is 29.7 Å². The molecule has 0 radical (unpaired) electrons. The van der Waals surface area contributed by atoms with Crippen molar-refractivity contribution in [2.75, 3.05) is 49.5 Å². The summed E-state index contributed by atoms with van der Waals surface area (Å²) >= 11 is 7.22. The lowest BCUT2D eigenvalue weighted by atomic mass is 10.1. The van der Waals surface area contributed by atoms with Gasteiger partial charge in [-0.3, -0.25) is 9.69 Å². The maximum atomic E-state index is 14.0. The van der Waals surface area contributed by atoms with Crippen LogP contribution < -0.4 is 10.2 Å². The minimum atomic E-state index is -0.500. The number of hydrogen-bond acceptors (Lipinski definition) is 9. The van der Waals surface area contributed by atoms with Crippen molar-refractivity contribution >= 4 is 45.5 Å². The second-order valence-corrected chi connectivity index (χ2v) is 9.10. The molecule has 174 valence electrons. The Morgan fingerprint density at radius 3 is 2.79 bits per heavy atom. The monoisotopic (exact) mass is 490 g/mol. The topological polar surface area (TPSA) is 94.5 Å². The SMILES string of the molecule is Cc1nc(Nc2ncc(C(=O)Cc3c(F)cccc3Cl)s2)cc(N2CCN(CCO)CC2)n1. The molecule has 1 saturated heterocycles. The summed E-state index contributed by atoms with van der Waals surface area (Å²) < 4.78 is 14.0. The minimum Gasteiger partial charge on any atom is -0.395 e. The van der Waals surface area contributed by atoms with Gasteiger partial charge in [0.1, 0.15) is 23.3 Å². The van der Waals surface area contributed by atoms with Crippen LogP contribution >= 0.6 is 22.9 Å². The summed E-state index contributed by atoms with van der Waals surface area (Å²) in [7, 11) is 0. The van der Waals surface area contributed by atoms with E-state index < -0.39 is 5.82 Å². The van der Waals surface area contributed by atoms with Gasteiger partial charge in [-0.1, -0.05) is 29.0 Å². The number of piperazine rings is 1. The van der Waals surface area contributed by atoms with E-state index in [1.54, 1.807) is 6.07 Å². The van der Waals surface area contributed by atoms with Crippen LogP contribution in [0.5, 0.6) is 0 Å². The molecule has 0 bridgehead atoms. The molecule has 3 aromatic rings. The van der Waals surface area contributed by atoms with Crippen LogP contribution in [0, 0.1) is 12.7 Å². The molecule has 0 aliphatic carbocycles. The first kappa shape index (κ1) is 23.5. The number of carbonyl (C=O) groups excluding carboxylic acids is 1. The third-order valence-corrected chi connectivity index (χ3v) is 6.66. The van der Waals surface area contributed by atoms with E-state index in [-0.39, 0.29) is 29.4 Å². The molecular weight excluding hydrogens is 467 g/mol. The number of aliphatic hydroxyl groups excluding tert-OH is 1. The first-order chi connectivity index (χ1) is 15.9. The van der Waals surface area contributed by atoms with Crippen molar-refractivity contribution in [3.63, 3.8) is 0 Å². The lowest BCUT2D eigenvalue weighted by Gasteiger charge is -2.35. The van der Waals surface area contributed by atoms with Crippen molar-refractivity contribution in [1.82, 2.24) is 19.9 Å². The van der Waals surface area contributed by atoms with E-state index in [4.69, 9.17) is 16.7 Å². The molecule has 3 heterocycles. The number of ketones is 1. The van der Waals surface area contributed by atoms with Crippen LogP contribution in [0.15, 0.2) is 30.5 Å². The molecule has 2 aromatic heterocycles. The predicted octanol–water partition coefficient (Wildman–Crippen LogP) is 3.32. The molecule has 11 heteroatoms. The van der Waals surface area contributed by atoms with Gasteiger partial charge in [0.15, 0.2) is 10.9 Å². The number of halogens is 2. The summed E-state index contributed by atoms with van der Waals surface area (Å²) in [5.74, 6) is 1.26. The summed E-state index contributed by atoms with van der Waals surface area (Å²) in [5, 5.41) is 13.0. The van der Waals surface area contributed by atoms with Gasteiger partial charge in [-0.05, 0) is 19.1 Å². The van der Waals surface area contributed by atoms with Gasteiger partial charge in [0.2, 0.25) is 0 Å². The Labute approximate surface area is 200 Å². The van der Waals surface area contributed by atoms with Crippen LogP contribution in [0.1, 0.15) is 21.1 Å². The minimum absolute atomic E-state index is 0.133. The highest BCUT2D eigenvalue weighted by molar-refractivity contribution is 7.17. The van der Waals surface area contributed by atoms with Crippen LogP contribution in [0.2, 0.25) is 5.02 Å². The summed E-state index contributed by atoms with van der Waals surface area (Å²) in [6, 6.07) is 6.22. The number of thiazole rings is 1. The third kappa shape index (κ3) is 5.83. The predicted molar refractivity (Wildman–Crippen MR) is 127 cm³/mol. The van der Waals surface area contributed by atoms with Crippen molar-refractivity contribution in [3.8, 4) is 0 Å². The Morgan fingerprint density at radius 2 is 2.06 bits per heavy atom. The lowest BCUT2D eigenvalue weighted by molar-refractivity contribution is 0.0995. The van der Waals surface area contributed by atoms with Gasteiger partial charge in [-0.2, -0.15) is 0 Å². The van der Waals surface area contributed by atoms with Crippen LogP contribution in [-0.2, 0) is 6.42 Å². The number of anilines is 3. The molecule has 2 N–H and O–H groups in total. The molecule has 33 heavy (non-hydrogen) atoms. The molecule has 0 spiro atoms. The van der Waals surface area contributed by atoms with E-state index in [0.717, 1.165) is 32.0 Å². The van der Waals surface area contributed by atoms with Gasteiger partial charge in [0.25, 0.3) is 0 Å². The first-order valence-electron chi connectivity index (χ1n) is 10.6. The molecule has 8 nitrogen and oxygen atoms in total. The van der Waals surface area contributed by atoms with Gasteiger partial charge in [0.05, 0.1) is 17.7 Å². The van der Waals surface area contributed by atoms with Gasteiger partial charge >= 0.3 is 0 Å². The molecule has 4 rings (SSSR count). The first-order valence-corrected chi connectivity index (χ1v) is 11.7. The van der Waals surface area contributed by atoms with Crippen molar-refractivity contribution in [2.24, 2.45) is 0 Å². The molecule has 0 atom stereocenters. The van der Waals surface area contributed by atoms with Gasteiger partial charge in [-0.15, -0.1) is 0 Å². The van der Waals surface area contributed by atoms with E-state index in [9.17, 15) is 9.18 Å². The maximum absolute atomic E-state index is 14.0. The number of hydrogen-bond donors (Lipinski definition) is 2. The Morgan fingerprint density at radius 1 is 1.27 bits per heavy atom. The smallest absolute Gasteiger partial charge is 0.188 e. The highest BCUT2D eigenvalue weighted by Crippen LogP contribution is 2.27. The summed E-state index contributed by atoms with van der Waals surface area (Å²) in [6.45, 7) is 6.00. The largest absolute Gasteiger partial charge is 0.395 e. The van der Waals surface area contributed by atoms with E-state index in [1.807, 2.05) is 13.0 Å². The van der Waals surface area contributed by atoms with E-state index >= 15 is 0 Å². The molecule has 1 aliphatic rings. The van der Waals surface area contributed by atoms with Gasteiger partial charge < -0.3 is 15.3 Å². The molecule has 0 unspecified atom stereocenters. The fourth-order valence-corrected chi connectivity index (χ4v) is 4.63. The van der Waals surface area contributed by atoms with Crippen LogP contribution in [0.25, 0.3) is 0 Å². The molecule has 0 saturated carbocycles. The molecule has 1 fully saturated rings. The van der Waals surface area contributed by atoms with Crippen molar-refractivity contribution < 1.29 is 14.3 Å². The summed E-state index contributed by atoms with van der Waals surface area (Å²) in [5.41, 5.74) is 0.183. The van der Waals surface area contributed by atoms with E-state index in [2.05, 4.69) is 30.1 Å². The lowest BCUT2D eigenvalue weighted by Crippen LogP contribution is -2.47. The maximum Gasteiger partial charge on any atom is 0.188 e. The van der Waals surface area contributed by atoms with Gasteiger partial charge in [-0.25, -0.2) is 19.3 Å². The Kier molecular flexibility index (Phi) is 7.49. The van der Waals surface area contributed by atoms with Crippen molar-refractivity contribution in [3.05, 3.63) is 57.6 Å². The zero-order valence-corrected chi connectivity index (χ0v) is 19.7. The fraction of sp³-hybridized carbons (Fsp3) is 0.364. The van der Waals surface area contributed by atoms with Crippen LogP contribution in [0.3, 0.4) is 0 Å².